The number of imidazole rings is 1. The summed E-state index contributed by atoms with van der Waals surface area (Å²) in [5.74, 6) is 0.408. The lowest BCUT2D eigenvalue weighted by Crippen LogP contribution is -2.04. The summed E-state index contributed by atoms with van der Waals surface area (Å²) >= 11 is 11.7. The minimum atomic E-state index is -0.293. The van der Waals surface area contributed by atoms with E-state index in [9.17, 15) is 4.39 Å². The molecule has 3 aromatic rings. The monoisotopic (exact) mass is 479 g/mol. The fourth-order valence-corrected chi connectivity index (χ4v) is 3.31. The standard InChI is InChI=1S/C14H9BrClFIN3/c1-7(16)13-20-11-4-8(15)6-19-14(11)21(13)12-3-2-9(17)5-10(12)18/h2-7H,1H3. The zero-order chi connectivity index (χ0) is 15.1. The summed E-state index contributed by atoms with van der Waals surface area (Å²) in [5.41, 5.74) is 2.26. The molecule has 3 rings (SSSR count). The Kier molecular flexibility index (Phi) is 4.20. The van der Waals surface area contributed by atoms with Gasteiger partial charge in [0.1, 0.15) is 17.2 Å². The predicted molar refractivity (Wildman–Crippen MR) is 93.5 cm³/mol. The van der Waals surface area contributed by atoms with Crippen molar-refractivity contribution < 1.29 is 4.39 Å². The van der Waals surface area contributed by atoms with Gasteiger partial charge in [0.05, 0.1) is 11.1 Å². The molecule has 0 spiro atoms. The highest BCUT2D eigenvalue weighted by atomic mass is 127. The van der Waals surface area contributed by atoms with Crippen LogP contribution >= 0.6 is 50.1 Å². The highest BCUT2D eigenvalue weighted by Gasteiger charge is 2.19. The van der Waals surface area contributed by atoms with E-state index in [0.717, 1.165) is 19.2 Å². The molecule has 1 atom stereocenters. The molecule has 0 saturated heterocycles. The summed E-state index contributed by atoms with van der Waals surface area (Å²) in [7, 11) is 0. The molecule has 0 saturated carbocycles. The molecule has 1 aromatic carbocycles. The van der Waals surface area contributed by atoms with Crippen molar-refractivity contribution in [2.45, 2.75) is 12.3 Å². The van der Waals surface area contributed by atoms with Gasteiger partial charge in [0.2, 0.25) is 0 Å². The fourth-order valence-electron chi connectivity index (χ4n) is 2.12. The van der Waals surface area contributed by atoms with Gasteiger partial charge in [-0.2, -0.15) is 0 Å². The maximum absolute atomic E-state index is 13.3. The van der Waals surface area contributed by atoms with E-state index in [2.05, 4.69) is 48.5 Å². The number of hydrogen-bond donors (Lipinski definition) is 0. The maximum Gasteiger partial charge on any atom is 0.164 e. The first kappa shape index (κ1) is 15.2. The van der Waals surface area contributed by atoms with Crippen molar-refractivity contribution in [3.05, 3.63) is 50.1 Å². The van der Waals surface area contributed by atoms with E-state index in [1.54, 1.807) is 12.3 Å². The van der Waals surface area contributed by atoms with Crippen molar-refractivity contribution in [2.24, 2.45) is 0 Å². The Labute approximate surface area is 147 Å². The number of rotatable bonds is 2. The lowest BCUT2D eigenvalue weighted by atomic mass is 10.3. The van der Waals surface area contributed by atoms with E-state index in [1.165, 1.54) is 12.1 Å². The molecule has 0 N–H and O–H groups in total. The van der Waals surface area contributed by atoms with Crippen LogP contribution in [-0.4, -0.2) is 14.5 Å². The second kappa shape index (κ2) is 5.81. The largest absolute Gasteiger partial charge is 0.278 e. The van der Waals surface area contributed by atoms with Crippen molar-refractivity contribution in [3.8, 4) is 5.69 Å². The predicted octanol–water partition coefficient (Wildman–Crippen LogP) is 5.23. The number of hydrogen-bond acceptors (Lipinski definition) is 2. The van der Waals surface area contributed by atoms with Gasteiger partial charge in [-0.15, -0.1) is 11.6 Å². The molecule has 1 unspecified atom stereocenters. The summed E-state index contributed by atoms with van der Waals surface area (Å²) in [4.78, 5) is 8.98. The minimum Gasteiger partial charge on any atom is -0.278 e. The van der Waals surface area contributed by atoms with Gasteiger partial charge < -0.3 is 0 Å². The molecule has 0 bridgehead atoms. The molecule has 0 aliphatic carbocycles. The van der Waals surface area contributed by atoms with Gasteiger partial charge in [-0.3, -0.25) is 4.57 Å². The van der Waals surface area contributed by atoms with E-state index in [1.807, 2.05) is 17.6 Å². The summed E-state index contributed by atoms with van der Waals surface area (Å²) in [6.07, 6.45) is 1.71. The second-order valence-corrected chi connectivity index (χ2v) is 7.25. The Morgan fingerprint density at radius 3 is 2.81 bits per heavy atom. The number of benzene rings is 1. The van der Waals surface area contributed by atoms with Crippen molar-refractivity contribution in [1.82, 2.24) is 14.5 Å². The fraction of sp³-hybridized carbons (Fsp3) is 0.143. The van der Waals surface area contributed by atoms with E-state index in [4.69, 9.17) is 11.6 Å². The van der Waals surface area contributed by atoms with Crippen LogP contribution in [-0.2, 0) is 0 Å². The van der Waals surface area contributed by atoms with Crippen molar-refractivity contribution in [3.63, 3.8) is 0 Å². The molecule has 21 heavy (non-hydrogen) atoms. The van der Waals surface area contributed by atoms with Crippen LogP contribution in [0.15, 0.2) is 34.9 Å². The van der Waals surface area contributed by atoms with Gasteiger partial charge >= 0.3 is 0 Å². The second-order valence-electron chi connectivity index (χ2n) is 4.51. The molecule has 7 heteroatoms. The molecule has 0 amide bonds. The molecule has 2 heterocycles. The van der Waals surface area contributed by atoms with E-state index >= 15 is 0 Å². The van der Waals surface area contributed by atoms with Crippen LogP contribution in [0, 0.1) is 9.39 Å². The van der Waals surface area contributed by atoms with Gasteiger partial charge in [0.25, 0.3) is 0 Å². The van der Waals surface area contributed by atoms with Gasteiger partial charge in [-0.25, -0.2) is 14.4 Å². The molecule has 0 fully saturated rings. The quantitative estimate of drug-likeness (QED) is 0.372. The van der Waals surface area contributed by atoms with Gasteiger partial charge in [-0.1, -0.05) is 0 Å². The van der Waals surface area contributed by atoms with Crippen LogP contribution in [0.3, 0.4) is 0 Å². The van der Waals surface area contributed by atoms with Crippen LogP contribution < -0.4 is 0 Å². The molecule has 0 aliphatic rings. The van der Waals surface area contributed by atoms with Crippen molar-refractivity contribution in [2.75, 3.05) is 0 Å². The Morgan fingerprint density at radius 1 is 1.38 bits per heavy atom. The first-order chi connectivity index (χ1) is 9.97. The van der Waals surface area contributed by atoms with Crippen LogP contribution in [0.4, 0.5) is 4.39 Å². The number of fused-ring (bicyclic) bond motifs is 1. The van der Waals surface area contributed by atoms with Gasteiger partial charge in [-0.05, 0) is 69.7 Å². The first-order valence-electron chi connectivity index (χ1n) is 6.11. The SMILES string of the molecule is CC(Cl)c1nc2cc(Br)cnc2n1-c1ccc(F)cc1I. The van der Waals surface area contributed by atoms with E-state index in [0.29, 0.717) is 11.5 Å². The average Bonchev–Trinajstić information content (AvgIpc) is 2.77. The Morgan fingerprint density at radius 2 is 2.14 bits per heavy atom. The summed E-state index contributed by atoms with van der Waals surface area (Å²) in [5, 5.41) is -0.293. The Bertz CT molecular complexity index is 834. The summed E-state index contributed by atoms with van der Waals surface area (Å²) < 4.78 is 16.8. The first-order valence-corrected chi connectivity index (χ1v) is 8.41. The van der Waals surface area contributed by atoms with E-state index in [-0.39, 0.29) is 11.2 Å². The van der Waals surface area contributed by atoms with Crippen LogP contribution in [0.1, 0.15) is 18.1 Å². The highest BCUT2D eigenvalue weighted by Crippen LogP contribution is 2.30. The molecular weight excluding hydrogens is 471 g/mol. The van der Waals surface area contributed by atoms with Crippen molar-refractivity contribution >= 4 is 61.3 Å². The molecule has 2 aromatic heterocycles. The topological polar surface area (TPSA) is 30.7 Å². The van der Waals surface area contributed by atoms with Gasteiger partial charge in [0, 0.05) is 14.2 Å². The van der Waals surface area contributed by atoms with Gasteiger partial charge in [0.15, 0.2) is 5.65 Å². The minimum absolute atomic E-state index is 0.274. The molecular formula is C14H9BrClFIN3. The van der Waals surface area contributed by atoms with Crippen LogP contribution in [0.2, 0.25) is 0 Å². The number of alkyl halides is 1. The third-order valence-electron chi connectivity index (χ3n) is 3.00. The molecule has 0 radical (unpaired) electrons. The lowest BCUT2D eigenvalue weighted by molar-refractivity contribution is 0.626. The maximum atomic E-state index is 13.3. The number of pyridine rings is 1. The zero-order valence-corrected chi connectivity index (χ0v) is 15.3. The normalized spacial score (nSPS) is 12.8. The van der Waals surface area contributed by atoms with Crippen molar-refractivity contribution in [1.29, 1.82) is 0 Å². The Balaban J connectivity index is 2.36. The third-order valence-corrected chi connectivity index (χ3v) is 4.49. The number of halogens is 4. The molecule has 108 valence electrons. The van der Waals surface area contributed by atoms with Crippen LogP contribution in [0.25, 0.3) is 16.9 Å². The molecule has 0 aliphatic heterocycles. The number of aromatic nitrogens is 3. The third kappa shape index (κ3) is 2.80. The summed E-state index contributed by atoms with van der Waals surface area (Å²) in [6, 6.07) is 6.50. The molecule has 3 nitrogen and oxygen atoms in total. The van der Waals surface area contributed by atoms with Crippen LogP contribution in [0.5, 0.6) is 0 Å². The smallest absolute Gasteiger partial charge is 0.164 e. The zero-order valence-electron chi connectivity index (χ0n) is 10.8. The summed E-state index contributed by atoms with van der Waals surface area (Å²) in [6.45, 7) is 1.85. The lowest BCUT2D eigenvalue weighted by Gasteiger charge is -2.12. The number of nitrogens with zero attached hydrogens (tertiary/aromatic N) is 3. The average molecular weight is 481 g/mol. The highest BCUT2D eigenvalue weighted by molar-refractivity contribution is 14.1. The Hall–Kier alpha value is -0.730. The van der Waals surface area contributed by atoms with E-state index < -0.39 is 0 Å².